The van der Waals surface area contributed by atoms with Crippen LogP contribution in [0.1, 0.15) is 39.0 Å². The molecule has 3 nitrogen and oxygen atoms in total. The van der Waals surface area contributed by atoms with E-state index in [9.17, 15) is 0 Å². The molecule has 1 fully saturated rings. The van der Waals surface area contributed by atoms with Gasteiger partial charge in [-0.1, -0.05) is 0 Å². The van der Waals surface area contributed by atoms with Gasteiger partial charge in [0.15, 0.2) is 0 Å². The van der Waals surface area contributed by atoms with E-state index in [0.29, 0.717) is 12.1 Å². The molecule has 84 valence electrons. The largest absolute Gasteiger partial charge is 0.379 e. The number of nitrogens with two attached hydrogens (primary N) is 1. The highest BCUT2D eigenvalue weighted by Gasteiger charge is 2.14. The fourth-order valence-corrected chi connectivity index (χ4v) is 1.66. The van der Waals surface area contributed by atoms with Crippen LogP contribution in [0.25, 0.3) is 0 Å². The normalized spacial score (nSPS) is 24.0. The number of hydrogen-bond acceptors (Lipinski definition) is 3. The molecule has 1 rings (SSSR count). The van der Waals surface area contributed by atoms with Crippen LogP contribution in [0.3, 0.4) is 0 Å². The van der Waals surface area contributed by atoms with Crippen LogP contribution >= 0.6 is 0 Å². The Morgan fingerprint density at radius 1 is 1.50 bits per heavy atom. The van der Waals surface area contributed by atoms with Gasteiger partial charge in [-0.05, 0) is 39.0 Å². The third-order valence-electron chi connectivity index (χ3n) is 2.53. The van der Waals surface area contributed by atoms with Gasteiger partial charge in [0.25, 0.3) is 0 Å². The molecule has 0 aromatic carbocycles. The summed E-state index contributed by atoms with van der Waals surface area (Å²) in [6.07, 6.45) is 6.11. The molecule has 1 aliphatic rings. The SMILES string of the molecule is CC(N)CCCCOCC1CCCO1. The van der Waals surface area contributed by atoms with Crippen molar-refractivity contribution in [2.45, 2.75) is 51.2 Å². The first-order valence-corrected chi connectivity index (χ1v) is 5.74. The lowest BCUT2D eigenvalue weighted by Crippen LogP contribution is -2.16. The van der Waals surface area contributed by atoms with Crippen LogP contribution in [-0.2, 0) is 9.47 Å². The zero-order chi connectivity index (χ0) is 10.2. The molecule has 1 heterocycles. The molecule has 2 unspecified atom stereocenters. The molecule has 0 saturated carbocycles. The predicted molar refractivity (Wildman–Crippen MR) is 57.3 cm³/mol. The van der Waals surface area contributed by atoms with Crippen molar-refractivity contribution in [3.63, 3.8) is 0 Å². The first-order valence-electron chi connectivity index (χ1n) is 5.74. The van der Waals surface area contributed by atoms with E-state index in [1.807, 2.05) is 6.92 Å². The van der Waals surface area contributed by atoms with Crippen molar-refractivity contribution >= 4 is 0 Å². The van der Waals surface area contributed by atoms with Crippen molar-refractivity contribution in [2.75, 3.05) is 19.8 Å². The lowest BCUT2D eigenvalue weighted by atomic mass is 10.1. The fourth-order valence-electron chi connectivity index (χ4n) is 1.66. The van der Waals surface area contributed by atoms with Gasteiger partial charge in [0, 0.05) is 19.3 Å². The van der Waals surface area contributed by atoms with Gasteiger partial charge in [-0.15, -0.1) is 0 Å². The second-order valence-electron chi connectivity index (χ2n) is 4.18. The molecule has 0 spiro atoms. The van der Waals surface area contributed by atoms with Crippen molar-refractivity contribution in [2.24, 2.45) is 5.73 Å². The Balaban J connectivity index is 1.79. The maximum atomic E-state index is 5.65. The van der Waals surface area contributed by atoms with E-state index >= 15 is 0 Å². The summed E-state index contributed by atoms with van der Waals surface area (Å²) in [6.45, 7) is 4.59. The average Bonchev–Trinajstić information content (AvgIpc) is 2.63. The molecule has 3 heteroatoms. The van der Waals surface area contributed by atoms with Crippen LogP contribution in [0.2, 0.25) is 0 Å². The standard InChI is InChI=1S/C11H23NO2/c1-10(12)5-2-3-7-13-9-11-6-4-8-14-11/h10-11H,2-9,12H2,1H3. The zero-order valence-electron chi connectivity index (χ0n) is 9.21. The van der Waals surface area contributed by atoms with E-state index in [1.54, 1.807) is 0 Å². The Morgan fingerprint density at radius 2 is 2.36 bits per heavy atom. The smallest absolute Gasteiger partial charge is 0.0809 e. The summed E-state index contributed by atoms with van der Waals surface area (Å²) in [5.74, 6) is 0. The van der Waals surface area contributed by atoms with Gasteiger partial charge >= 0.3 is 0 Å². The van der Waals surface area contributed by atoms with Crippen molar-refractivity contribution in [1.29, 1.82) is 0 Å². The maximum absolute atomic E-state index is 5.65. The molecule has 0 amide bonds. The monoisotopic (exact) mass is 201 g/mol. The minimum absolute atomic E-state index is 0.327. The van der Waals surface area contributed by atoms with Gasteiger partial charge in [0.05, 0.1) is 12.7 Å². The first kappa shape index (κ1) is 12.0. The van der Waals surface area contributed by atoms with Crippen LogP contribution in [0, 0.1) is 0 Å². The van der Waals surface area contributed by atoms with Gasteiger partial charge < -0.3 is 15.2 Å². The molecule has 2 atom stereocenters. The third kappa shape index (κ3) is 5.58. The van der Waals surface area contributed by atoms with Crippen LogP contribution in [0.5, 0.6) is 0 Å². The zero-order valence-corrected chi connectivity index (χ0v) is 9.21. The van der Waals surface area contributed by atoms with Gasteiger partial charge in [0.1, 0.15) is 0 Å². The van der Waals surface area contributed by atoms with Gasteiger partial charge in [-0.3, -0.25) is 0 Å². The van der Waals surface area contributed by atoms with Crippen molar-refractivity contribution in [3.8, 4) is 0 Å². The Morgan fingerprint density at radius 3 is 3.00 bits per heavy atom. The summed E-state index contributed by atoms with van der Waals surface area (Å²) in [5.41, 5.74) is 5.65. The summed E-state index contributed by atoms with van der Waals surface area (Å²) in [6, 6.07) is 0.327. The van der Waals surface area contributed by atoms with Gasteiger partial charge in [0.2, 0.25) is 0 Å². The molecule has 0 radical (unpaired) electrons. The van der Waals surface area contributed by atoms with E-state index < -0.39 is 0 Å². The van der Waals surface area contributed by atoms with Crippen LogP contribution in [0.4, 0.5) is 0 Å². The molecule has 1 saturated heterocycles. The quantitative estimate of drug-likeness (QED) is 0.638. The van der Waals surface area contributed by atoms with Crippen molar-refractivity contribution < 1.29 is 9.47 Å². The molecule has 14 heavy (non-hydrogen) atoms. The molecular formula is C11H23NO2. The molecule has 0 aliphatic carbocycles. The van der Waals surface area contributed by atoms with E-state index in [-0.39, 0.29) is 0 Å². The second kappa shape index (κ2) is 7.21. The summed E-state index contributed by atoms with van der Waals surface area (Å²) < 4.78 is 11.0. The van der Waals surface area contributed by atoms with Crippen molar-refractivity contribution in [1.82, 2.24) is 0 Å². The predicted octanol–water partition coefficient (Wildman–Crippen LogP) is 1.70. The average molecular weight is 201 g/mol. The van der Waals surface area contributed by atoms with Crippen molar-refractivity contribution in [3.05, 3.63) is 0 Å². The third-order valence-corrected chi connectivity index (χ3v) is 2.53. The maximum Gasteiger partial charge on any atom is 0.0809 e. The Labute approximate surface area is 86.9 Å². The van der Waals surface area contributed by atoms with E-state index in [4.69, 9.17) is 15.2 Å². The lowest BCUT2D eigenvalue weighted by Gasteiger charge is -2.10. The van der Waals surface area contributed by atoms with Crippen LogP contribution < -0.4 is 5.73 Å². The van der Waals surface area contributed by atoms with Gasteiger partial charge in [-0.25, -0.2) is 0 Å². The molecule has 0 aromatic heterocycles. The molecular weight excluding hydrogens is 178 g/mol. The highest BCUT2D eigenvalue weighted by Crippen LogP contribution is 2.12. The summed E-state index contributed by atoms with van der Waals surface area (Å²) in [7, 11) is 0. The Bertz CT molecular complexity index is 133. The molecule has 0 aromatic rings. The number of unbranched alkanes of at least 4 members (excludes halogenated alkanes) is 1. The van der Waals surface area contributed by atoms with E-state index in [0.717, 1.165) is 32.7 Å². The molecule has 2 N–H and O–H groups in total. The summed E-state index contributed by atoms with van der Waals surface area (Å²) >= 11 is 0. The number of ether oxygens (including phenoxy) is 2. The highest BCUT2D eigenvalue weighted by molar-refractivity contribution is 4.63. The topological polar surface area (TPSA) is 44.5 Å². The Hall–Kier alpha value is -0.120. The van der Waals surface area contributed by atoms with Gasteiger partial charge in [-0.2, -0.15) is 0 Å². The second-order valence-corrected chi connectivity index (χ2v) is 4.18. The minimum atomic E-state index is 0.327. The minimum Gasteiger partial charge on any atom is -0.379 e. The lowest BCUT2D eigenvalue weighted by molar-refractivity contribution is 0.0160. The van der Waals surface area contributed by atoms with E-state index in [2.05, 4.69) is 0 Å². The number of hydrogen-bond donors (Lipinski definition) is 1. The first-order chi connectivity index (χ1) is 6.79. The fraction of sp³-hybridized carbons (Fsp3) is 1.00. The number of rotatable bonds is 7. The van der Waals surface area contributed by atoms with Crippen LogP contribution in [0.15, 0.2) is 0 Å². The highest BCUT2D eigenvalue weighted by atomic mass is 16.5. The summed E-state index contributed by atoms with van der Waals surface area (Å²) in [5, 5.41) is 0. The Kier molecular flexibility index (Phi) is 6.15. The van der Waals surface area contributed by atoms with E-state index in [1.165, 1.54) is 19.3 Å². The van der Waals surface area contributed by atoms with Crippen LogP contribution in [-0.4, -0.2) is 32.0 Å². The summed E-state index contributed by atoms with van der Waals surface area (Å²) in [4.78, 5) is 0. The molecule has 1 aliphatic heterocycles. The molecule has 0 bridgehead atoms.